The van der Waals surface area contributed by atoms with Crippen molar-refractivity contribution in [2.45, 2.75) is 39.2 Å². The highest BCUT2D eigenvalue weighted by Crippen LogP contribution is 2.45. The Morgan fingerprint density at radius 2 is 1.89 bits per heavy atom. The van der Waals surface area contributed by atoms with E-state index in [-0.39, 0.29) is 21.2 Å². The van der Waals surface area contributed by atoms with Crippen LogP contribution in [0.5, 0.6) is 0 Å². The summed E-state index contributed by atoms with van der Waals surface area (Å²) in [6.45, 7) is 3.20. The molecule has 0 bridgehead atoms. The number of hydrogen-bond acceptors (Lipinski definition) is 6. The first-order valence-electron chi connectivity index (χ1n) is 8.76. The van der Waals surface area contributed by atoms with Crippen LogP contribution in [0.15, 0.2) is 29.2 Å². The molecule has 0 spiro atoms. The zero-order valence-corrected chi connectivity index (χ0v) is 16.9. The molecule has 3 amide bonds. The summed E-state index contributed by atoms with van der Waals surface area (Å²) in [4.78, 5) is 51.9. The number of imide groups is 1. The van der Waals surface area contributed by atoms with E-state index in [2.05, 4.69) is 0 Å². The SMILES string of the molecule is CCCC[C@@H](C(=O)O)N1C(=O)/C(=C2/C(=O)N(C(C)=O)c3ccccc32)SC1=S. The summed E-state index contributed by atoms with van der Waals surface area (Å²) in [7, 11) is 0. The number of hydrogen-bond donors (Lipinski definition) is 1. The van der Waals surface area contributed by atoms with E-state index < -0.39 is 29.7 Å². The van der Waals surface area contributed by atoms with Gasteiger partial charge in [-0.05, 0) is 12.5 Å². The van der Waals surface area contributed by atoms with Gasteiger partial charge in [0.25, 0.3) is 11.8 Å². The fourth-order valence-electron chi connectivity index (χ4n) is 3.31. The zero-order valence-electron chi connectivity index (χ0n) is 15.3. The largest absolute Gasteiger partial charge is 0.480 e. The molecular formula is C19H18N2O5S2. The lowest BCUT2D eigenvalue weighted by molar-refractivity contribution is -0.145. The van der Waals surface area contributed by atoms with Crippen LogP contribution in [0.4, 0.5) is 5.69 Å². The van der Waals surface area contributed by atoms with E-state index in [0.29, 0.717) is 17.7 Å². The number of carbonyl (C=O) groups is 4. The predicted octanol–water partition coefficient (Wildman–Crippen LogP) is 2.79. The van der Waals surface area contributed by atoms with E-state index in [4.69, 9.17) is 12.2 Å². The predicted molar refractivity (Wildman–Crippen MR) is 110 cm³/mol. The molecule has 0 saturated carbocycles. The number of carbonyl (C=O) groups excluding carboxylic acids is 3. The second-order valence-corrected chi connectivity index (χ2v) is 8.06. The average molecular weight is 418 g/mol. The molecule has 7 nitrogen and oxygen atoms in total. The molecule has 2 heterocycles. The van der Waals surface area contributed by atoms with Gasteiger partial charge < -0.3 is 5.11 Å². The number of fused-ring (bicyclic) bond motifs is 1. The van der Waals surface area contributed by atoms with E-state index in [0.717, 1.165) is 28.0 Å². The van der Waals surface area contributed by atoms with Gasteiger partial charge in [0.2, 0.25) is 5.91 Å². The van der Waals surface area contributed by atoms with Crippen molar-refractivity contribution in [3.63, 3.8) is 0 Å². The Kier molecular flexibility index (Phi) is 5.66. The molecule has 1 aromatic rings. The van der Waals surface area contributed by atoms with Crippen LogP contribution in [0.2, 0.25) is 0 Å². The Bertz CT molecular complexity index is 940. The number of nitrogens with zero attached hydrogens (tertiary/aromatic N) is 2. The molecule has 146 valence electrons. The van der Waals surface area contributed by atoms with E-state index in [1.54, 1.807) is 24.3 Å². The number of benzene rings is 1. The van der Waals surface area contributed by atoms with Crippen molar-refractivity contribution in [3.05, 3.63) is 34.7 Å². The molecule has 9 heteroatoms. The molecule has 1 aromatic carbocycles. The molecule has 0 radical (unpaired) electrons. The number of rotatable bonds is 5. The summed E-state index contributed by atoms with van der Waals surface area (Å²) >= 11 is 6.18. The van der Waals surface area contributed by atoms with Crippen LogP contribution < -0.4 is 4.90 Å². The highest BCUT2D eigenvalue weighted by Gasteiger charge is 2.46. The Balaban J connectivity index is 2.09. The maximum atomic E-state index is 13.1. The quantitative estimate of drug-likeness (QED) is 0.580. The zero-order chi connectivity index (χ0) is 20.6. The number of amides is 3. The third kappa shape index (κ3) is 3.24. The molecule has 0 aliphatic carbocycles. The number of para-hydroxylation sites is 1. The van der Waals surface area contributed by atoms with Crippen LogP contribution in [0.1, 0.15) is 38.7 Å². The molecule has 1 N–H and O–H groups in total. The van der Waals surface area contributed by atoms with Crippen molar-refractivity contribution in [1.82, 2.24) is 4.90 Å². The summed E-state index contributed by atoms with van der Waals surface area (Å²) in [6, 6.07) is 5.60. The smallest absolute Gasteiger partial charge is 0.326 e. The summed E-state index contributed by atoms with van der Waals surface area (Å²) in [5, 5.41) is 9.57. The summed E-state index contributed by atoms with van der Waals surface area (Å²) in [5.41, 5.74) is 0.954. The molecule has 0 aromatic heterocycles. The minimum Gasteiger partial charge on any atom is -0.480 e. The van der Waals surface area contributed by atoms with Crippen LogP contribution in [0.3, 0.4) is 0 Å². The molecule has 0 unspecified atom stereocenters. The van der Waals surface area contributed by atoms with Crippen LogP contribution in [0, 0.1) is 0 Å². The molecule has 3 rings (SSSR count). The first-order valence-corrected chi connectivity index (χ1v) is 9.98. The van der Waals surface area contributed by atoms with E-state index in [9.17, 15) is 24.3 Å². The highest BCUT2D eigenvalue weighted by atomic mass is 32.2. The van der Waals surface area contributed by atoms with E-state index in [1.165, 1.54) is 6.92 Å². The highest BCUT2D eigenvalue weighted by molar-refractivity contribution is 8.26. The number of carboxylic acids is 1. The van der Waals surface area contributed by atoms with Crippen LogP contribution in [0.25, 0.3) is 5.57 Å². The average Bonchev–Trinajstić information content (AvgIpc) is 3.08. The number of aliphatic carboxylic acids is 1. The first-order chi connectivity index (χ1) is 13.3. The monoisotopic (exact) mass is 418 g/mol. The first kappa shape index (κ1) is 20.2. The number of carboxylic acid groups (broad SMARTS) is 1. The number of anilines is 1. The lowest BCUT2D eigenvalue weighted by Gasteiger charge is -2.22. The van der Waals surface area contributed by atoms with Crippen LogP contribution >= 0.6 is 24.0 Å². The van der Waals surface area contributed by atoms with Crippen LogP contribution in [-0.4, -0.2) is 44.1 Å². The third-order valence-electron chi connectivity index (χ3n) is 4.60. The van der Waals surface area contributed by atoms with Crippen molar-refractivity contribution in [2.24, 2.45) is 0 Å². The number of unbranched alkanes of at least 4 members (excludes halogenated alkanes) is 1. The lowest BCUT2D eigenvalue weighted by atomic mass is 10.1. The number of thioether (sulfide) groups is 1. The van der Waals surface area contributed by atoms with Gasteiger partial charge in [-0.15, -0.1) is 0 Å². The van der Waals surface area contributed by atoms with Crippen molar-refractivity contribution in [3.8, 4) is 0 Å². The summed E-state index contributed by atoms with van der Waals surface area (Å²) in [6.07, 6.45) is 1.67. The van der Waals surface area contributed by atoms with Gasteiger partial charge in [-0.3, -0.25) is 19.3 Å². The normalized spacial score (nSPS) is 20.0. The molecule has 1 atom stereocenters. The summed E-state index contributed by atoms with van der Waals surface area (Å²) in [5.74, 6) is -2.81. The number of thiocarbonyl (C=S) groups is 1. The third-order valence-corrected chi connectivity index (χ3v) is 6.00. The fraction of sp³-hybridized carbons (Fsp3) is 0.316. The minimum absolute atomic E-state index is 0.0638. The van der Waals surface area contributed by atoms with Gasteiger partial charge in [-0.25, -0.2) is 9.69 Å². The Labute approximate surface area is 171 Å². The Morgan fingerprint density at radius 3 is 2.50 bits per heavy atom. The maximum absolute atomic E-state index is 13.1. The topological polar surface area (TPSA) is 95.0 Å². The standard InChI is InChI=1S/C19H18N2O5S2/c1-3-4-8-13(18(25)26)21-17(24)15(28-19(21)27)14-11-7-5-6-9-12(11)20(10(2)22)16(14)23/h5-7,9,13H,3-4,8H2,1-2H3,(H,25,26)/b15-14-/t13-/m0/s1. The fourth-order valence-corrected chi connectivity index (χ4v) is 4.74. The maximum Gasteiger partial charge on any atom is 0.326 e. The van der Waals surface area contributed by atoms with Gasteiger partial charge in [0.05, 0.1) is 16.2 Å². The molecular weight excluding hydrogens is 400 g/mol. The summed E-state index contributed by atoms with van der Waals surface area (Å²) < 4.78 is 0.0996. The molecule has 28 heavy (non-hydrogen) atoms. The van der Waals surface area contributed by atoms with Gasteiger partial charge in [0.1, 0.15) is 10.4 Å². The van der Waals surface area contributed by atoms with Crippen LogP contribution in [-0.2, 0) is 19.2 Å². The van der Waals surface area contributed by atoms with E-state index in [1.807, 2.05) is 6.92 Å². The van der Waals surface area contributed by atoms with E-state index >= 15 is 0 Å². The van der Waals surface area contributed by atoms with Gasteiger partial charge in [0.15, 0.2) is 0 Å². The molecule has 1 saturated heterocycles. The van der Waals surface area contributed by atoms with Crippen molar-refractivity contribution in [2.75, 3.05) is 4.90 Å². The second-order valence-electron chi connectivity index (χ2n) is 6.42. The van der Waals surface area contributed by atoms with Crippen molar-refractivity contribution in [1.29, 1.82) is 0 Å². The van der Waals surface area contributed by atoms with Crippen molar-refractivity contribution < 1.29 is 24.3 Å². The molecule has 1 fully saturated rings. The second kappa shape index (κ2) is 7.84. The van der Waals surface area contributed by atoms with Crippen molar-refractivity contribution >= 4 is 63.3 Å². The molecule has 2 aliphatic heterocycles. The molecule has 2 aliphatic rings. The van der Waals surface area contributed by atoms with Gasteiger partial charge >= 0.3 is 5.97 Å². The Hall–Kier alpha value is -2.52. The van der Waals surface area contributed by atoms with Gasteiger partial charge in [0, 0.05) is 12.5 Å². The van der Waals surface area contributed by atoms with Gasteiger partial charge in [-0.1, -0.05) is 61.9 Å². The Morgan fingerprint density at radius 1 is 1.21 bits per heavy atom. The minimum atomic E-state index is -1.14. The lowest BCUT2D eigenvalue weighted by Crippen LogP contribution is -2.44. The van der Waals surface area contributed by atoms with Gasteiger partial charge in [-0.2, -0.15) is 0 Å².